The number of aliphatic imine (C=N–C) groups is 1. The largest absolute Gasteiger partial charge is 0.369 e. The third-order valence-electron chi connectivity index (χ3n) is 4.85. The molecule has 1 unspecified atom stereocenters. The molecule has 1 aromatic rings. The quantitative estimate of drug-likeness (QED) is 0.757. The highest BCUT2D eigenvalue weighted by atomic mass is 16.2. The van der Waals surface area contributed by atoms with Crippen LogP contribution in [0.15, 0.2) is 17.1 Å². The van der Waals surface area contributed by atoms with Crippen LogP contribution in [0.4, 0.5) is 5.69 Å². The molecule has 3 heterocycles. The number of anilines is 1. The normalized spacial score (nSPS) is 23.4. The van der Waals surface area contributed by atoms with Gasteiger partial charge in [0.2, 0.25) is 11.8 Å². The van der Waals surface area contributed by atoms with Crippen LogP contribution in [0.2, 0.25) is 0 Å². The summed E-state index contributed by atoms with van der Waals surface area (Å²) in [4.78, 5) is 42.0. The number of imide groups is 1. The third-order valence-corrected chi connectivity index (χ3v) is 4.85. The topological polar surface area (TPSA) is 90.9 Å². The van der Waals surface area contributed by atoms with Crippen LogP contribution in [0.25, 0.3) is 0 Å². The van der Waals surface area contributed by atoms with Gasteiger partial charge < -0.3 is 10.2 Å². The Labute approximate surface area is 139 Å². The maximum Gasteiger partial charge on any atom is 0.277 e. The van der Waals surface area contributed by atoms with Crippen molar-refractivity contribution in [1.82, 2.24) is 10.6 Å². The van der Waals surface area contributed by atoms with Crippen molar-refractivity contribution in [3.63, 3.8) is 0 Å². The van der Waals surface area contributed by atoms with Crippen molar-refractivity contribution in [2.45, 2.75) is 18.8 Å². The van der Waals surface area contributed by atoms with Gasteiger partial charge in [0.05, 0.1) is 11.5 Å². The van der Waals surface area contributed by atoms with Gasteiger partial charge in [-0.1, -0.05) is 0 Å². The van der Waals surface area contributed by atoms with Crippen molar-refractivity contribution < 1.29 is 14.4 Å². The molecule has 0 spiro atoms. The van der Waals surface area contributed by atoms with Crippen LogP contribution < -0.4 is 15.5 Å². The van der Waals surface area contributed by atoms with E-state index in [4.69, 9.17) is 0 Å². The summed E-state index contributed by atoms with van der Waals surface area (Å²) >= 11 is 0. The highest BCUT2D eigenvalue weighted by Crippen LogP contribution is 2.38. The van der Waals surface area contributed by atoms with Crippen LogP contribution in [0.3, 0.4) is 0 Å². The Kier molecular flexibility index (Phi) is 3.65. The second-order valence-electron chi connectivity index (χ2n) is 6.26. The number of hydrogen-bond donors (Lipinski definition) is 2. The molecule has 24 heavy (non-hydrogen) atoms. The lowest BCUT2D eigenvalue weighted by atomic mass is 9.84. The van der Waals surface area contributed by atoms with E-state index in [1.54, 1.807) is 12.3 Å². The zero-order chi connectivity index (χ0) is 16.7. The molecule has 0 radical (unpaired) electrons. The summed E-state index contributed by atoms with van der Waals surface area (Å²) in [5.74, 6) is -1.23. The number of benzene rings is 1. The summed E-state index contributed by atoms with van der Waals surface area (Å²) in [7, 11) is 0. The second kappa shape index (κ2) is 5.83. The molecule has 1 atom stereocenters. The van der Waals surface area contributed by atoms with E-state index >= 15 is 0 Å². The molecule has 0 aliphatic carbocycles. The molecule has 3 amide bonds. The SMILES string of the molecule is O=C1CCC(c2c(N3CCNCC3)ccc3c2C=NC3=O)C(=O)N1. The lowest BCUT2D eigenvalue weighted by molar-refractivity contribution is -0.134. The van der Waals surface area contributed by atoms with E-state index in [0.717, 1.165) is 43.0 Å². The Bertz CT molecular complexity index is 765. The molecule has 0 saturated carbocycles. The minimum absolute atomic E-state index is 0.239. The zero-order valence-electron chi connectivity index (χ0n) is 13.2. The fourth-order valence-electron chi connectivity index (χ4n) is 3.66. The van der Waals surface area contributed by atoms with Gasteiger partial charge in [0.15, 0.2) is 0 Å². The van der Waals surface area contributed by atoms with E-state index in [1.165, 1.54) is 0 Å². The van der Waals surface area contributed by atoms with E-state index in [0.29, 0.717) is 18.4 Å². The first-order chi connectivity index (χ1) is 11.6. The average molecular weight is 326 g/mol. The van der Waals surface area contributed by atoms with Crippen molar-refractivity contribution in [2.24, 2.45) is 4.99 Å². The number of nitrogens with zero attached hydrogens (tertiary/aromatic N) is 2. The van der Waals surface area contributed by atoms with E-state index < -0.39 is 5.92 Å². The highest BCUT2D eigenvalue weighted by Gasteiger charge is 2.35. The summed E-state index contributed by atoms with van der Waals surface area (Å²) in [6.07, 6.45) is 2.33. The second-order valence-corrected chi connectivity index (χ2v) is 6.26. The molecular formula is C17H18N4O3. The van der Waals surface area contributed by atoms with Gasteiger partial charge >= 0.3 is 0 Å². The Balaban J connectivity index is 1.82. The molecule has 4 rings (SSSR count). The molecule has 0 bridgehead atoms. The van der Waals surface area contributed by atoms with Crippen molar-refractivity contribution in [2.75, 3.05) is 31.1 Å². The Hall–Kier alpha value is -2.54. The van der Waals surface area contributed by atoms with Gasteiger partial charge in [0.25, 0.3) is 5.91 Å². The number of rotatable bonds is 2. The zero-order valence-corrected chi connectivity index (χ0v) is 13.2. The minimum atomic E-state index is -0.431. The third kappa shape index (κ3) is 2.41. The molecule has 2 N–H and O–H groups in total. The Morgan fingerprint density at radius 1 is 1.12 bits per heavy atom. The molecular weight excluding hydrogens is 308 g/mol. The molecule has 3 aliphatic heterocycles. The average Bonchev–Trinajstić information content (AvgIpc) is 2.97. The fraction of sp³-hybridized carbons (Fsp3) is 0.412. The highest BCUT2D eigenvalue weighted by molar-refractivity contribution is 6.15. The maximum absolute atomic E-state index is 12.4. The van der Waals surface area contributed by atoms with Gasteiger partial charge in [0, 0.05) is 50.1 Å². The summed E-state index contributed by atoms with van der Waals surface area (Å²) in [6, 6.07) is 3.70. The van der Waals surface area contributed by atoms with E-state index in [2.05, 4.69) is 20.5 Å². The van der Waals surface area contributed by atoms with Gasteiger partial charge in [-0.3, -0.25) is 19.7 Å². The lowest BCUT2D eigenvalue weighted by Crippen LogP contribution is -2.45. The van der Waals surface area contributed by atoms with Crippen molar-refractivity contribution >= 4 is 29.6 Å². The fourth-order valence-corrected chi connectivity index (χ4v) is 3.66. The van der Waals surface area contributed by atoms with Crippen molar-refractivity contribution in [3.8, 4) is 0 Å². The van der Waals surface area contributed by atoms with Crippen LogP contribution in [0.1, 0.15) is 40.2 Å². The molecule has 2 saturated heterocycles. The summed E-state index contributed by atoms with van der Waals surface area (Å²) in [5, 5.41) is 5.73. The van der Waals surface area contributed by atoms with Crippen LogP contribution in [0, 0.1) is 0 Å². The van der Waals surface area contributed by atoms with E-state index in [9.17, 15) is 14.4 Å². The predicted octanol–water partition coefficient (Wildman–Crippen LogP) is 0.189. The van der Waals surface area contributed by atoms with Crippen molar-refractivity contribution in [3.05, 3.63) is 28.8 Å². The molecule has 2 fully saturated rings. The van der Waals surface area contributed by atoms with Gasteiger partial charge in [-0.15, -0.1) is 0 Å². The Morgan fingerprint density at radius 3 is 2.67 bits per heavy atom. The standard InChI is InChI=1S/C17H18N4O3/c22-14-4-2-11(17(24)20-14)15-12-9-19-16(23)10(12)1-3-13(15)21-7-5-18-6-8-21/h1,3,9,11,18H,2,4-8H2,(H,20,22,24). The first-order valence-corrected chi connectivity index (χ1v) is 8.20. The monoisotopic (exact) mass is 326 g/mol. The number of hydrogen-bond acceptors (Lipinski definition) is 5. The first kappa shape index (κ1) is 15.0. The number of carbonyl (C=O) groups is 3. The van der Waals surface area contributed by atoms with Crippen LogP contribution in [-0.4, -0.2) is 50.1 Å². The van der Waals surface area contributed by atoms with E-state index in [-0.39, 0.29) is 17.7 Å². The molecule has 1 aromatic carbocycles. The van der Waals surface area contributed by atoms with Crippen molar-refractivity contribution in [1.29, 1.82) is 0 Å². The van der Waals surface area contributed by atoms with Gasteiger partial charge in [-0.05, 0) is 24.1 Å². The molecule has 7 nitrogen and oxygen atoms in total. The summed E-state index contributed by atoms with van der Waals surface area (Å²) in [6.45, 7) is 3.42. The molecule has 124 valence electrons. The number of fused-ring (bicyclic) bond motifs is 1. The van der Waals surface area contributed by atoms with Gasteiger partial charge in [0.1, 0.15) is 0 Å². The van der Waals surface area contributed by atoms with Gasteiger partial charge in [-0.25, -0.2) is 4.99 Å². The first-order valence-electron chi connectivity index (χ1n) is 8.20. The van der Waals surface area contributed by atoms with Crippen LogP contribution >= 0.6 is 0 Å². The predicted molar refractivity (Wildman–Crippen MR) is 88.6 cm³/mol. The molecule has 0 aromatic heterocycles. The summed E-state index contributed by atoms with van der Waals surface area (Å²) < 4.78 is 0. The Morgan fingerprint density at radius 2 is 1.92 bits per heavy atom. The minimum Gasteiger partial charge on any atom is -0.369 e. The number of carbonyl (C=O) groups excluding carboxylic acids is 3. The van der Waals surface area contributed by atoms with Crippen LogP contribution in [0.5, 0.6) is 0 Å². The number of amides is 3. The number of piperazine rings is 1. The summed E-state index contributed by atoms with van der Waals surface area (Å²) in [5.41, 5.74) is 3.05. The number of piperidine rings is 1. The molecule has 3 aliphatic rings. The van der Waals surface area contributed by atoms with Crippen LogP contribution in [-0.2, 0) is 9.59 Å². The molecule has 7 heteroatoms. The maximum atomic E-state index is 12.4. The lowest BCUT2D eigenvalue weighted by Gasteiger charge is -2.34. The smallest absolute Gasteiger partial charge is 0.277 e. The number of nitrogens with one attached hydrogen (secondary N) is 2. The van der Waals surface area contributed by atoms with E-state index in [1.807, 2.05) is 6.07 Å². The van der Waals surface area contributed by atoms with Gasteiger partial charge in [-0.2, -0.15) is 0 Å².